The Morgan fingerprint density at radius 1 is 1.17 bits per heavy atom. The van der Waals surface area contributed by atoms with Crippen LogP contribution in [-0.4, -0.2) is 16.0 Å². The highest BCUT2D eigenvalue weighted by molar-refractivity contribution is 5.93. The summed E-state index contributed by atoms with van der Waals surface area (Å²) in [5, 5.41) is 6.96. The number of nitrogens with zero attached hydrogens (tertiary/aromatic N) is 2. The van der Waals surface area contributed by atoms with Gasteiger partial charge in [0, 0.05) is 24.0 Å². The van der Waals surface area contributed by atoms with Crippen molar-refractivity contribution in [2.45, 2.75) is 27.3 Å². The quantitative estimate of drug-likeness (QED) is 0.797. The molecule has 0 aliphatic heterocycles. The molecule has 0 bridgehead atoms. The van der Waals surface area contributed by atoms with Crippen molar-refractivity contribution in [1.82, 2.24) is 15.5 Å². The summed E-state index contributed by atoms with van der Waals surface area (Å²) in [5.41, 5.74) is 5.92. The van der Waals surface area contributed by atoms with Crippen LogP contribution < -0.4 is 5.32 Å². The number of aryl methyl sites for hydroxylation is 3. The molecular formula is C19H19N3O2. The first-order valence-corrected chi connectivity index (χ1v) is 7.76. The van der Waals surface area contributed by atoms with Crippen LogP contribution in [0.1, 0.15) is 32.8 Å². The number of carbonyl (C=O) groups is 1. The molecular weight excluding hydrogens is 302 g/mol. The lowest BCUT2D eigenvalue weighted by molar-refractivity contribution is 0.0946. The summed E-state index contributed by atoms with van der Waals surface area (Å²) < 4.78 is 5.37. The summed E-state index contributed by atoms with van der Waals surface area (Å²) in [6.07, 6.45) is 3.16. The third-order valence-electron chi connectivity index (χ3n) is 3.84. The lowest BCUT2D eigenvalue weighted by Crippen LogP contribution is -2.22. The summed E-state index contributed by atoms with van der Waals surface area (Å²) in [4.78, 5) is 16.0. The number of carbonyl (C=O) groups excluding carboxylic acids is 1. The highest BCUT2D eigenvalue weighted by Crippen LogP contribution is 2.27. The predicted octanol–water partition coefficient (Wildman–Crippen LogP) is 3.59. The Bertz CT molecular complexity index is 846. The van der Waals surface area contributed by atoms with E-state index in [1.807, 2.05) is 6.07 Å². The maximum atomic E-state index is 12.0. The second-order valence-corrected chi connectivity index (χ2v) is 5.88. The molecule has 0 unspecified atom stereocenters. The molecule has 0 aliphatic carbocycles. The van der Waals surface area contributed by atoms with Crippen LogP contribution in [-0.2, 0) is 6.54 Å². The molecule has 0 saturated carbocycles. The standard InChI is InChI=1S/C19H19N3O2/c1-12-7-13(2)18(14(3)8-12)17-9-16(24-22-17)11-21-19(23)15-5-4-6-20-10-15/h4-10H,11H2,1-3H3,(H,21,23). The highest BCUT2D eigenvalue weighted by atomic mass is 16.5. The van der Waals surface area contributed by atoms with Crippen molar-refractivity contribution in [2.75, 3.05) is 0 Å². The van der Waals surface area contributed by atoms with E-state index < -0.39 is 0 Å². The third-order valence-corrected chi connectivity index (χ3v) is 3.84. The average Bonchev–Trinajstić information content (AvgIpc) is 3.01. The first kappa shape index (κ1) is 15.9. The summed E-state index contributed by atoms with van der Waals surface area (Å²) >= 11 is 0. The monoisotopic (exact) mass is 321 g/mol. The molecule has 24 heavy (non-hydrogen) atoms. The first-order chi connectivity index (χ1) is 11.5. The molecule has 0 fully saturated rings. The maximum absolute atomic E-state index is 12.0. The van der Waals surface area contributed by atoms with Crippen molar-refractivity contribution in [3.8, 4) is 11.3 Å². The van der Waals surface area contributed by atoms with E-state index >= 15 is 0 Å². The van der Waals surface area contributed by atoms with E-state index in [0.29, 0.717) is 11.3 Å². The molecule has 3 rings (SSSR count). The molecule has 1 N–H and O–H groups in total. The van der Waals surface area contributed by atoms with Crippen molar-refractivity contribution < 1.29 is 9.32 Å². The number of hydrogen-bond donors (Lipinski definition) is 1. The largest absolute Gasteiger partial charge is 0.359 e. The third kappa shape index (κ3) is 3.35. The van der Waals surface area contributed by atoms with Gasteiger partial charge in [0.15, 0.2) is 5.76 Å². The van der Waals surface area contributed by atoms with Crippen LogP contribution in [0.3, 0.4) is 0 Å². The van der Waals surface area contributed by atoms with Crippen molar-refractivity contribution in [1.29, 1.82) is 0 Å². The van der Waals surface area contributed by atoms with Crippen LogP contribution in [0, 0.1) is 20.8 Å². The molecule has 3 aromatic rings. The molecule has 0 radical (unpaired) electrons. The van der Waals surface area contributed by atoms with Gasteiger partial charge in [-0.25, -0.2) is 0 Å². The van der Waals surface area contributed by atoms with Crippen molar-refractivity contribution in [2.24, 2.45) is 0 Å². The van der Waals surface area contributed by atoms with E-state index in [1.165, 1.54) is 11.8 Å². The van der Waals surface area contributed by atoms with Crippen molar-refractivity contribution >= 4 is 5.91 Å². The summed E-state index contributed by atoms with van der Waals surface area (Å²) in [7, 11) is 0. The Morgan fingerprint density at radius 3 is 2.58 bits per heavy atom. The van der Waals surface area contributed by atoms with E-state index in [9.17, 15) is 4.79 Å². The second kappa shape index (κ2) is 6.66. The molecule has 2 aromatic heterocycles. The van der Waals surface area contributed by atoms with Gasteiger partial charge in [0.2, 0.25) is 0 Å². The molecule has 1 aromatic carbocycles. The van der Waals surface area contributed by atoms with Gasteiger partial charge in [0.1, 0.15) is 5.69 Å². The Kier molecular flexibility index (Phi) is 4.42. The molecule has 5 nitrogen and oxygen atoms in total. The second-order valence-electron chi connectivity index (χ2n) is 5.88. The fraction of sp³-hybridized carbons (Fsp3) is 0.211. The van der Waals surface area contributed by atoms with Gasteiger partial charge in [-0.05, 0) is 44.0 Å². The van der Waals surface area contributed by atoms with Crippen molar-refractivity contribution in [3.63, 3.8) is 0 Å². The zero-order valence-electron chi connectivity index (χ0n) is 14.0. The van der Waals surface area contributed by atoms with Crippen LogP contribution in [0.4, 0.5) is 0 Å². The average molecular weight is 321 g/mol. The Labute approximate surface area is 140 Å². The lowest BCUT2D eigenvalue weighted by Gasteiger charge is -2.07. The topological polar surface area (TPSA) is 68.0 Å². The van der Waals surface area contributed by atoms with E-state index in [1.54, 1.807) is 18.3 Å². The molecule has 0 spiro atoms. The first-order valence-electron chi connectivity index (χ1n) is 7.76. The fourth-order valence-electron chi connectivity index (χ4n) is 2.86. The number of hydrogen-bond acceptors (Lipinski definition) is 4. The number of amides is 1. The van der Waals surface area contributed by atoms with Gasteiger partial charge in [0.05, 0.1) is 12.1 Å². The normalized spacial score (nSPS) is 10.6. The van der Waals surface area contributed by atoms with Gasteiger partial charge in [-0.2, -0.15) is 0 Å². The fourth-order valence-corrected chi connectivity index (χ4v) is 2.86. The number of benzene rings is 1. The van der Waals surface area contributed by atoms with Crippen LogP contribution in [0.2, 0.25) is 0 Å². The van der Waals surface area contributed by atoms with Crippen LogP contribution in [0.5, 0.6) is 0 Å². The molecule has 0 saturated heterocycles. The molecule has 2 heterocycles. The van der Waals surface area contributed by atoms with Gasteiger partial charge in [-0.3, -0.25) is 9.78 Å². The predicted molar refractivity (Wildman–Crippen MR) is 91.6 cm³/mol. The number of pyridine rings is 1. The zero-order chi connectivity index (χ0) is 17.1. The summed E-state index contributed by atoms with van der Waals surface area (Å²) in [5.74, 6) is 0.422. The van der Waals surface area contributed by atoms with Crippen LogP contribution in [0.15, 0.2) is 47.2 Å². The molecule has 5 heteroatoms. The Balaban J connectivity index is 1.74. The van der Waals surface area contributed by atoms with E-state index in [0.717, 1.165) is 22.4 Å². The maximum Gasteiger partial charge on any atom is 0.253 e. The Hall–Kier alpha value is -2.95. The summed E-state index contributed by atoms with van der Waals surface area (Å²) in [6.45, 7) is 6.48. The van der Waals surface area contributed by atoms with Gasteiger partial charge >= 0.3 is 0 Å². The highest BCUT2D eigenvalue weighted by Gasteiger charge is 2.13. The lowest BCUT2D eigenvalue weighted by atomic mass is 9.97. The SMILES string of the molecule is Cc1cc(C)c(-c2cc(CNC(=O)c3cccnc3)on2)c(C)c1. The van der Waals surface area contributed by atoms with E-state index in [-0.39, 0.29) is 12.5 Å². The number of nitrogens with one attached hydrogen (secondary N) is 1. The minimum absolute atomic E-state index is 0.191. The van der Waals surface area contributed by atoms with Gasteiger partial charge in [-0.1, -0.05) is 22.9 Å². The minimum Gasteiger partial charge on any atom is -0.359 e. The smallest absolute Gasteiger partial charge is 0.253 e. The zero-order valence-corrected chi connectivity index (χ0v) is 14.0. The van der Waals surface area contributed by atoms with E-state index in [2.05, 4.69) is 48.4 Å². The van der Waals surface area contributed by atoms with Crippen molar-refractivity contribution in [3.05, 3.63) is 70.7 Å². The minimum atomic E-state index is -0.191. The van der Waals surface area contributed by atoms with Gasteiger partial charge < -0.3 is 9.84 Å². The molecule has 122 valence electrons. The van der Waals surface area contributed by atoms with Gasteiger partial charge in [0.25, 0.3) is 5.91 Å². The molecule has 0 aliphatic rings. The van der Waals surface area contributed by atoms with Gasteiger partial charge in [-0.15, -0.1) is 0 Å². The summed E-state index contributed by atoms with van der Waals surface area (Å²) in [6, 6.07) is 9.56. The number of aromatic nitrogens is 2. The van der Waals surface area contributed by atoms with Crippen LogP contribution in [0.25, 0.3) is 11.3 Å². The Morgan fingerprint density at radius 2 is 1.92 bits per heavy atom. The van der Waals surface area contributed by atoms with E-state index in [4.69, 9.17) is 4.52 Å². The van der Waals surface area contributed by atoms with Crippen LogP contribution >= 0.6 is 0 Å². The molecule has 0 atom stereocenters. The molecule has 1 amide bonds. The number of rotatable bonds is 4.